The first-order valence-electron chi connectivity index (χ1n) is 7.72. The predicted octanol–water partition coefficient (Wildman–Crippen LogP) is 1.80. The number of nitrogens with one attached hydrogen (secondary N) is 1. The Kier molecular flexibility index (Phi) is 3.80. The van der Waals surface area contributed by atoms with Crippen LogP contribution in [0.4, 0.5) is 4.39 Å². The second-order valence-corrected chi connectivity index (χ2v) is 5.78. The summed E-state index contributed by atoms with van der Waals surface area (Å²) in [6.07, 6.45) is 3.80. The Bertz CT molecular complexity index is 785. The van der Waals surface area contributed by atoms with Gasteiger partial charge in [-0.1, -0.05) is 6.07 Å². The Morgan fingerprint density at radius 2 is 2.30 bits per heavy atom. The average Bonchev–Trinajstić information content (AvgIpc) is 3.18. The van der Waals surface area contributed by atoms with Gasteiger partial charge in [0.2, 0.25) is 0 Å². The van der Waals surface area contributed by atoms with Crippen LogP contribution in [0.2, 0.25) is 0 Å². The van der Waals surface area contributed by atoms with Crippen molar-refractivity contribution >= 4 is 11.0 Å². The van der Waals surface area contributed by atoms with Gasteiger partial charge in [0.05, 0.1) is 31.3 Å². The number of rotatable bonds is 4. The van der Waals surface area contributed by atoms with Gasteiger partial charge in [-0.15, -0.1) is 0 Å². The zero-order valence-corrected chi connectivity index (χ0v) is 12.7. The van der Waals surface area contributed by atoms with Crippen LogP contribution in [0.3, 0.4) is 0 Å². The zero-order valence-electron chi connectivity index (χ0n) is 12.7. The monoisotopic (exact) mass is 315 g/mol. The normalized spacial score (nSPS) is 19.4. The third-order valence-electron chi connectivity index (χ3n) is 4.06. The minimum atomic E-state index is -0.288. The van der Waals surface area contributed by atoms with E-state index in [1.807, 2.05) is 23.0 Å². The molecule has 1 atom stereocenters. The number of hydrogen-bond donors (Lipinski definition) is 1. The number of hydrogen-bond acceptors (Lipinski definition) is 4. The molecule has 120 valence electrons. The molecule has 0 spiro atoms. The number of morpholine rings is 1. The molecule has 1 aromatic carbocycles. The molecular weight excluding hydrogens is 297 g/mol. The van der Waals surface area contributed by atoms with E-state index in [2.05, 4.69) is 20.0 Å². The number of para-hydroxylation sites is 1. The summed E-state index contributed by atoms with van der Waals surface area (Å²) in [4.78, 5) is 9.84. The quantitative estimate of drug-likeness (QED) is 0.797. The van der Waals surface area contributed by atoms with Crippen molar-refractivity contribution in [3.05, 3.63) is 48.3 Å². The summed E-state index contributed by atoms with van der Waals surface area (Å²) in [6.45, 7) is 3.72. The van der Waals surface area contributed by atoms with Gasteiger partial charge in [0, 0.05) is 25.5 Å². The topological polar surface area (TPSA) is 59.0 Å². The smallest absolute Gasteiger partial charge is 0.151 e. The van der Waals surface area contributed by atoms with Gasteiger partial charge >= 0.3 is 0 Å². The molecule has 4 rings (SSSR count). The first kappa shape index (κ1) is 14.3. The lowest BCUT2D eigenvalue weighted by Gasteiger charge is -2.32. The maximum absolute atomic E-state index is 13.7. The summed E-state index contributed by atoms with van der Waals surface area (Å²) in [5.41, 5.74) is 1.14. The van der Waals surface area contributed by atoms with Gasteiger partial charge < -0.3 is 9.72 Å². The van der Waals surface area contributed by atoms with Crippen molar-refractivity contribution in [3.63, 3.8) is 0 Å². The molecule has 6 nitrogen and oxygen atoms in total. The maximum atomic E-state index is 13.7. The van der Waals surface area contributed by atoms with E-state index < -0.39 is 0 Å². The van der Waals surface area contributed by atoms with Crippen LogP contribution in [-0.2, 0) is 17.8 Å². The fraction of sp³-hybridized carbons (Fsp3) is 0.375. The van der Waals surface area contributed by atoms with Crippen LogP contribution < -0.4 is 0 Å². The minimum Gasteiger partial charge on any atom is -0.374 e. The molecule has 0 unspecified atom stereocenters. The van der Waals surface area contributed by atoms with Crippen molar-refractivity contribution < 1.29 is 9.13 Å². The molecule has 7 heteroatoms. The summed E-state index contributed by atoms with van der Waals surface area (Å²) in [5.74, 6) is 0.494. The van der Waals surface area contributed by atoms with E-state index in [-0.39, 0.29) is 11.9 Å². The fourth-order valence-electron chi connectivity index (χ4n) is 2.99. The Balaban J connectivity index is 1.44. The van der Waals surface area contributed by atoms with Crippen LogP contribution >= 0.6 is 0 Å². The van der Waals surface area contributed by atoms with Gasteiger partial charge in [-0.3, -0.25) is 9.58 Å². The number of ether oxygens (including phenoxy) is 1. The number of halogens is 1. The molecule has 1 aliphatic heterocycles. The third kappa shape index (κ3) is 3.11. The number of benzene rings is 1. The fourth-order valence-corrected chi connectivity index (χ4v) is 2.99. The Morgan fingerprint density at radius 1 is 1.35 bits per heavy atom. The highest BCUT2D eigenvalue weighted by molar-refractivity contribution is 5.75. The van der Waals surface area contributed by atoms with Gasteiger partial charge in [0.1, 0.15) is 11.3 Å². The number of imidazole rings is 1. The van der Waals surface area contributed by atoms with Crippen LogP contribution in [0.25, 0.3) is 11.0 Å². The van der Waals surface area contributed by atoms with Gasteiger partial charge in [-0.05, 0) is 18.2 Å². The minimum absolute atomic E-state index is 0.102. The first-order valence-corrected chi connectivity index (χ1v) is 7.72. The summed E-state index contributed by atoms with van der Waals surface area (Å²) in [5, 5.41) is 4.22. The van der Waals surface area contributed by atoms with Crippen molar-refractivity contribution in [1.82, 2.24) is 24.6 Å². The lowest BCUT2D eigenvalue weighted by Crippen LogP contribution is -2.43. The molecule has 0 amide bonds. The molecule has 0 radical (unpaired) electrons. The van der Waals surface area contributed by atoms with E-state index in [9.17, 15) is 4.39 Å². The Morgan fingerprint density at radius 3 is 3.13 bits per heavy atom. The zero-order chi connectivity index (χ0) is 15.6. The first-order chi connectivity index (χ1) is 11.3. The second kappa shape index (κ2) is 6.10. The Labute approximate surface area is 132 Å². The summed E-state index contributed by atoms with van der Waals surface area (Å²) >= 11 is 0. The SMILES string of the molecule is Fc1cccc2[nH]c(CN3CCO[C@@H](Cn4cccn4)C3)nc12. The molecule has 0 aliphatic carbocycles. The van der Waals surface area contributed by atoms with E-state index in [0.29, 0.717) is 18.7 Å². The van der Waals surface area contributed by atoms with Crippen molar-refractivity contribution in [2.45, 2.75) is 19.2 Å². The van der Waals surface area contributed by atoms with E-state index >= 15 is 0 Å². The molecule has 0 saturated carbocycles. The molecule has 1 saturated heterocycles. The molecule has 3 aromatic rings. The molecule has 1 fully saturated rings. The molecule has 23 heavy (non-hydrogen) atoms. The number of fused-ring (bicyclic) bond motifs is 1. The molecule has 3 heterocycles. The van der Waals surface area contributed by atoms with Crippen molar-refractivity contribution in [1.29, 1.82) is 0 Å². The second-order valence-electron chi connectivity index (χ2n) is 5.78. The van der Waals surface area contributed by atoms with Gasteiger partial charge in [-0.25, -0.2) is 9.37 Å². The van der Waals surface area contributed by atoms with Crippen molar-refractivity contribution in [2.24, 2.45) is 0 Å². The summed E-state index contributed by atoms with van der Waals surface area (Å²) < 4.78 is 21.4. The van der Waals surface area contributed by atoms with Crippen LogP contribution in [0.15, 0.2) is 36.7 Å². The lowest BCUT2D eigenvalue weighted by molar-refractivity contribution is -0.0408. The van der Waals surface area contributed by atoms with E-state index in [0.717, 1.165) is 31.0 Å². The molecule has 1 N–H and O–H groups in total. The van der Waals surface area contributed by atoms with Gasteiger partial charge in [0.25, 0.3) is 0 Å². The molecule has 2 aromatic heterocycles. The summed E-state index contributed by atoms with van der Waals surface area (Å²) in [7, 11) is 0. The largest absolute Gasteiger partial charge is 0.374 e. The molecule has 0 bridgehead atoms. The van der Waals surface area contributed by atoms with Crippen molar-refractivity contribution in [2.75, 3.05) is 19.7 Å². The van der Waals surface area contributed by atoms with E-state index in [4.69, 9.17) is 4.74 Å². The van der Waals surface area contributed by atoms with Crippen molar-refractivity contribution in [3.8, 4) is 0 Å². The number of H-pyrrole nitrogens is 1. The van der Waals surface area contributed by atoms with Crippen LogP contribution in [0.1, 0.15) is 5.82 Å². The Hall–Kier alpha value is -2.25. The highest BCUT2D eigenvalue weighted by Gasteiger charge is 2.22. The average molecular weight is 315 g/mol. The highest BCUT2D eigenvalue weighted by atomic mass is 19.1. The summed E-state index contributed by atoms with van der Waals surface area (Å²) in [6, 6.07) is 6.87. The predicted molar refractivity (Wildman–Crippen MR) is 83.3 cm³/mol. The van der Waals surface area contributed by atoms with E-state index in [1.165, 1.54) is 6.07 Å². The van der Waals surface area contributed by atoms with Crippen LogP contribution in [0, 0.1) is 5.82 Å². The van der Waals surface area contributed by atoms with Gasteiger partial charge in [-0.2, -0.15) is 5.10 Å². The highest BCUT2D eigenvalue weighted by Crippen LogP contribution is 2.17. The number of aromatic nitrogens is 4. The standard InChI is InChI=1S/C16H18FN5O/c17-13-3-1-4-14-16(13)20-15(19-14)11-21-7-8-23-12(9-21)10-22-6-2-5-18-22/h1-6,12H,7-11H2,(H,19,20)/t12-/m1/s1. The van der Waals surface area contributed by atoms with Crippen LogP contribution in [0.5, 0.6) is 0 Å². The molecule has 1 aliphatic rings. The molecular formula is C16H18FN5O. The van der Waals surface area contributed by atoms with E-state index in [1.54, 1.807) is 12.3 Å². The number of aromatic amines is 1. The van der Waals surface area contributed by atoms with Crippen LogP contribution in [-0.4, -0.2) is 50.4 Å². The third-order valence-corrected chi connectivity index (χ3v) is 4.06. The van der Waals surface area contributed by atoms with Gasteiger partial charge in [0.15, 0.2) is 5.82 Å². The number of nitrogens with zero attached hydrogens (tertiary/aromatic N) is 4. The lowest BCUT2D eigenvalue weighted by atomic mass is 10.2. The maximum Gasteiger partial charge on any atom is 0.151 e.